The van der Waals surface area contributed by atoms with Crippen molar-refractivity contribution in [3.8, 4) is 0 Å². The lowest BCUT2D eigenvalue weighted by Gasteiger charge is -2.27. The minimum absolute atomic E-state index is 0.442. The molecule has 1 fully saturated rings. The maximum Gasteiger partial charge on any atom is 0.279 e. The van der Waals surface area contributed by atoms with Crippen LogP contribution in [0.1, 0.15) is 26.7 Å². The number of hydrogen-bond donors (Lipinski definition) is 2. The van der Waals surface area contributed by atoms with Crippen LogP contribution >= 0.6 is 0 Å². The SMILES string of the molecule is CCC(CC)CNS(=O)(=O)N1CCNCC1. The standard InChI is InChI=1S/C10H23N3O2S/c1-3-10(4-2)9-12-16(14,15)13-7-5-11-6-8-13/h10-12H,3-9H2,1-2H3. The fourth-order valence-electron chi connectivity index (χ4n) is 1.78. The van der Waals surface area contributed by atoms with E-state index in [1.807, 2.05) is 0 Å². The van der Waals surface area contributed by atoms with Crippen LogP contribution in [0, 0.1) is 5.92 Å². The Hall–Kier alpha value is -0.170. The van der Waals surface area contributed by atoms with Crippen molar-refractivity contribution >= 4 is 10.2 Å². The maximum atomic E-state index is 11.9. The van der Waals surface area contributed by atoms with Gasteiger partial charge in [-0.15, -0.1) is 0 Å². The molecular weight excluding hydrogens is 226 g/mol. The molecule has 2 N–H and O–H groups in total. The molecule has 16 heavy (non-hydrogen) atoms. The number of nitrogens with zero attached hydrogens (tertiary/aromatic N) is 1. The minimum atomic E-state index is -3.26. The number of nitrogens with one attached hydrogen (secondary N) is 2. The van der Waals surface area contributed by atoms with Gasteiger partial charge in [-0.2, -0.15) is 12.7 Å². The summed E-state index contributed by atoms with van der Waals surface area (Å²) in [6.45, 7) is 7.36. The largest absolute Gasteiger partial charge is 0.314 e. The Morgan fingerprint density at radius 3 is 2.31 bits per heavy atom. The molecule has 5 nitrogen and oxygen atoms in total. The molecular formula is C10H23N3O2S. The Bertz CT molecular complexity index is 282. The smallest absolute Gasteiger partial charge is 0.279 e. The van der Waals surface area contributed by atoms with Crippen molar-refractivity contribution in [2.75, 3.05) is 32.7 Å². The van der Waals surface area contributed by atoms with E-state index >= 15 is 0 Å². The molecule has 0 aromatic carbocycles. The molecule has 1 saturated heterocycles. The van der Waals surface area contributed by atoms with Crippen molar-refractivity contribution in [3.63, 3.8) is 0 Å². The highest BCUT2D eigenvalue weighted by atomic mass is 32.2. The van der Waals surface area contributed by atoms with Crippen molar-refractivity contribution < 1.29 is 8.42 Å². The summed E-state index contributed by atoms with van der Waals surface area (Å²) in [5, 5.41) is 3.14. The molecule has 0 aliphatic carbocycles. The quantitative estimate of drug-likeness (QED) is 0.705. The van der Waals surface area contributed by atoms with Crippen molar-refractivity contribution in [1.82, 2.24) is 14.3 Å². The van der Waals surface area contributed by atoms with E-state index in [4.69, 9.17) is 0 Å². The normalized spacial score (nSPS) is 19.2. The summed E-state index contributed by atoms with van der Waals surface area (Å²) in [4.78, 5) is 0. The molecule has 0 unspecified atom stereocenters. The highest BCUT2D eigenvalue weighted by Crippen LogP contribution is 2.07. The zero-order chi connectivity index (χ0) is 12.0. The van der Waals surface area contributed by atoms with Crippen LogP contribution in [0.25, 0.3) is 0 Å². The van der Waals surface area contributed by atoms with Gasteiger partial charge in [0, 0.05) is 32.7 Å². The van der Waals surface area contributed by atoms with Gasteiger partial charge in [-0.25, -0.2) is 4.72 Å². The van der Waals surface area contributed by atoms with Crippen molar-refractivity contribution in [2.45, 2.75) is 26.7 Å². The van der Waals surface area contributed by atoms with Gasteiger partial charge in [0.15, 0.2) is 0 Å². The molecule has 0 amide bonds. The Balaban J connectivity index is 2.44. The maximum absolute atomic E-state index is 11.9. The lowest BCUT2D eigenvalue weighted by Crippen LogP contribution is -2.51. The van der Waals surface area contributed by atoms with Crippen LogP contribution < -0.4 is 10.0 Å². The summed E-state index contributed by atoms with van der Waals surface area (Å²) in [6.07, 6.45) is 2.03. The molecule has 0 bridgehead atoms. The molecule has 1 rings (SSSR count). The van der Waals surface area contributed by atoms with Gasteiger partial charge in [0.2, 0.25) is 0 Å². The monoisotopic (exact) mass is 249 g/mol. The zero-order valence-corrected chi connectivity index (χ0v) is 11.0. The van der Waals surface area contributed by atoms with Crippen LogP contribution in [-0.2, 0) is 10.2 Å². The molecule has 0 spiro atoms. The highest BCUT2D eigenvalue weighted by Gasteiger charge is 2.23. The van der Waals surface area contributed by atoms with E-state index in [-0.39, 0.29) is 0 Å². The van der Waals surface area contributed by atoms with E-state index in [0.717, 1.165) is 25.9 Å². The highest BCUT2D eigenvalue weighted by molar-refractivity contribution is 7.87. The summed E-state index contributed by atoms with van der Waals surface area (Å²) in [5.74, 6) is 0.442. The summed E-state index contributed by atoms with van der Waals surface area (Å²) in [7, 11) is -3.26. The number of piperazine rings is 1. The molecule has 1 aliphatic rings. The summed E-state index contributed by atoms with van der Waals surface area (Å²) >= 11 is 0. The zero-order valence-electron chi connectivity index (χ0n) is 10.2. The lowest BCUT2D eigenvalue weighted by molar-refractivity contribution is 0.351. The molecule has 0 aromatic heterocycles. The first-order valence-corrected chi connectivity index (χ1v) is 7.49. The molecule has 1 aliphatic heterocycles. The lowest BCUT2D eigenvalue weighted by atomic mass is 10.0. The second kappa shape index (κ2) is 6.54. The van der Waals surface area contributed by atoms with E-state index in [0.29, 0.717) is 25.6 Å². The third-order valence-electron chi connectivity index (χ3n) is 3.12. The first-order valence-electron chi connectivity index (χ1n) is 6.05. The predicted molar refractivity (Wildman–Crippen MR) is 65.4 cm³/mol. The van der Waals surface area contributed by atoms with E-state index in [9.17, 15) is 8.42 Å². The van der Waals surface area contributed by atoms with Crippen molar-refractivity contribution in [1.29, 1.82) is 0 Å². The first-order chi connectivity index (χ1) is 7.60. The molecule has 0 atom stereocenters. The van der Waals surface area contributed by atoms with Gasteiger partial charge in [-0.05, 0) is 5.92 Å². The van der Waals surface area contributed by atoms with Crippen LogP contribution in [0.5, 0.6) is 0 Å². The Kier molecular flexibility index (Phi) is 5.68. The summed E-state index contributed by atoms with van der Waals surface area (Å²) in [5.41, 5.74) is 0. The van der Waals surface area contributed by atoms with Gasteiger partial charge < -0.3 is 5.32 Å². The van der Waals surface area contributed by atoms with Gasteiger partial charge in [0.05, 0.1) is 0 Å². The summed E-state index contributed by atoms with van der Waals surface area (Å²) < 4.78 is 28.0. The third-order valence-corrected chi connectivity index (χ3v) is 4.70. The minimum Gasteiger partial charge on any atom is -0.314 e. The number of hydrogen-bond acceptors (Lipinski definition) is 3. The second-order valence-corrected chi connectivity index (χ2v) is 5.94. The van der Waals surface area contributed by atoms with E-state index in [1.165, 1.54) is 4.31 Å². The molecule has 6 heteroatoms. The van der Waals surface area contributed by atoms with Gasteiger partial charge in [-0.1, -0.05) is 26.7 Å². The van der Waals surface area contributed by atoms with Crippen LogP contribution in [0.2, 0.25) is 0 Å². The van der Waals surface area contributed by atoms with Gasteiger partial charge in [0.1, 0.15) is 0 Å². The fourth-order valence-corrected chi connectivity index (χ4v) is 3.07. The van der Waals surface area contributed by atoms with Gasteiger partial charge in [-0.3, -0.25) is 0 Å². The second-order valence-electron chi connectivity index (χ2n) is 4.19. The Morgan fingerprint density at radius 2 is 1.81 bits per heavy atom. The Labute approximate surface area is 98.8 Å². The van der Waals surface area contributed by atoms with Crippen LogP contribution in [-0.4, -0.2) is 45.4 Å². The van der Waals surface area contributed by atoms with E-state index in [2.05, 4.69) is 23.9 Å². The fraction of sp³-hybridized carbons (Fsp3) is 1.00. The average molecular weight is 249 g/mol. The number of rotatable bonds is 6. The average Bonchev–Trinajstić information content (AvgIpc) is 2.31. The van der Waals surface area contributed by atoms with Gasteiger partial charge in [0.25, 0.3) is 10.2 Å². The predicted octanol–water partition coefficient (Wildman–Crippen LogP) is 0.162. The first kappa shape index (κ1) is 13.9. The van der Waals surface area contributed by atoms with Crippen molar-refractivity contribution in [3.05, 3.63) is 0 Å². The van der Waals surface area contributed by atoms with Gasteiger partial charge >= 0.3 is 0 Å². The van der Waals surface area contributed by atoms with Crippen LogP contribution in [0.3, 0.4) is 0 Å². The molecule has 1 heterocycles. The van der Waals surface area contributed by atoms with E-state index < -0.39 is 10.2 Å². The topological polar surface area (TPSA) is 61.4 Å². The van der Waals surface area contributed by atoms with E-state index in [1.54, 1.807) is 0 Å². The summed E-state index contributed by atoms with van der Waals surface area (Å²) in [6, 6.07) is 0. The van der Waals surface area contributed by atoms with Crippen molar-refractivity contribution in [2.24, 2.45) is 5.92 Å². The molecule has 96 valence electrons. The molecule has 0 radical (unpaired) electrons. The molecule has 0 aromatic rings. The molecule has 0 saturated carbocycles. The Morgan fingerprint density at radius 1 is 1.25 bits per heavy atom. The third kappa shape index (κ3) is 4.01. The van der Waals surface area contributed by atoms with Crippen LogP contribution in [0.15, 0.2) is 0 Å². The van der Waals surface area contributed by atoms with Crippen LogP contribution in [0.4, 0.5) is 0 Å².